The molecule has 2 unspecified atom stereocenters. The highest BCUT2D eigenvalue weighted by Crippen LogP contribution is 2.37. The van der Waals surface area contributed by atoms with E-state index in [-0.39, 0.29) is 12.1 Å². The predicted octanol–water partition coefficient (Wildman–Crippen LogP) is 3.40. The average Bonchev–Trinajstić information content (AvgIpc) is 2.76. The van der Waals surface area contributed by atoms with E-state index in [1.165, 1.54) is 18.4 Å². The molecule has 2 bridgehead atoms. The number of rotatable bonds is 6. The summed E-state index contributed by atoms with van der Waals surface area (Å²) in [5.74, 6) is 0.207. The summed E-state index contributed by atoms with van der Waals surface area (Å²) in [7, 11) is 0. The predicted molar refractivity (Wildman–Crippen MR) is 88.1 cm³/mol. The van der Waals surface area contributed by atoms with E-state index in [2.05, 4.69) is 35.2 Å². The molecule has 3 rings (SSSR count). The van der Waals surface area contributed by atoms with Gasteiger partial charge in [-0.15, -0.1) is 11.6 Å². The first kappa shape index (κ1) is 15.8. The number of benzene rings is 1. The molecule has 2 saturated heterocycles. The number of carbonyl (C=O) groups excluding carboxylic acids is 1. The van der Waals surface area contributed by atoms with Crippen LogP contribution in [-0.4, -0.2) is 41.5 Å². The molecule has 1 aromatic rings. The topological polar surface area (TPSA) is 29.5 Å². The molecule has 0 saturated carbocycles. The number of halogens is 1. The van der Waals surface area contributed by atoms with Crippen molar-refractivity contribution in [2.75, 3.05) is 12.4 Å². The lowest BCUT2D eigenvalue weighted by Gasteiger charge is -2.38. The largest absolute Gasteiger partial charge is 0.462 e. The standard InChI is InChI=1S/C18H24ClNO2/c19-10-8-18(21)22-17-12-15-6-7-16(13-17)20(15)11-9-14-4-2-1-3-5-14/h1-5,15-17H,6-13H2. The van der Waals surface area contributed by atoms with Crippen LogP contribution in [0.15, 0.2) is 30.3 Å². The third-order valence-corrected chi connectivity index (χ3v) is 5.13. The Labute approximate surface area is 137 Å². The number of piperidine rings is 1. The Morgan fingerprint density at radius 2 is 1.86 bits per heavy atom. The van der Waals surface area contributed by atoms with Crippen LogP contribution in [0.2, 0.25) is 0 Å². The molecule has 2 aliphatic rings. The quantitative estimate of drug-likeness (QED) is 0.594. The van der Waals surface area contributed by atoms with E-state index < -0.39 is 0 Å². The highest BCUT2D eigenvalue weighted by molar-refractivity contribution is 6.18. The van der Waals surface area contributed by atoms with Gasteiger partial charge in [0, 0.05) is 37.4 Å². The van der Waals surface area contributed by atoms with Gasteiger partial charge in [-0.1, -0.05) is 30.3 Å². The van der Waals surface area contributed by atoms with Crippen LogP contribution in [-0.2, 0) is 16.0 Å². The molecular weight excluding hydrogens is 298 g/mol. The molecule has 0 aromatic heterocycles. The zero-order valence-corrected chi connectivity index (χ0v) is 13.7. The highest BCUT2D eigenvalue weighted by Gasteiger charge is 2.41. The lowest BCUT2D eigenvalue weighted by Crippen LogP contribution is -2.46. The Balaban J connectivity index is 1.51. The average molecular weight is 322 g/mol. The summed E-state index contributed by atoms with van der Waals surface area (Å²) < 4.78 is 5.57. The zero-order valence-electron chi connectivity index (χ0n) is 12.9. The fourth-order valence-electron chi connectivity index (χ4n) is 3.91. The SMILES string of the molecule is O=C(CCCl)OC1CC2CCC(C1)N2CCc1ccccc1. The van der Waals surface area contributed by atoms with Gasteiger partial charge in [0.2, 0.25) is 0 Å². The summed E-state index contributed by atoms with van der Waals surface area (Å²) in [5.41, 5.74) is 1.40. The number of nitrogens with zero attached hydrogens (tertiary/aromatic N) is 1. The Morgan fingerprint density at radius 3 is 2.50 bits per heavy atom. The molecule has 3 nitrogen and oxygen atoms in total. The van der Waals surface area contributed by atoms with Crippen molar-refractivity contribution in [3.63, 3.8) is 0 Å². The second-order valence-corrected chi connectivity index (χ2v) is 6.76. The minimum absolute atomic E-state index is 0.0983. The van der Waals surface area contributed by atoms with Gasteiger partial charge in [0.1, 0.15) is 6.10 Å². The zero-order chi connectivity index (χ0) is 15.4. The molecule has 2 heterocycles. The van der Waals surface area contributed by atoms with Gasteiger partial charge in [-0.2, -0.15) is 0 Å². The van der Waals surface area contributed by atoms with E-state index in [1.807, 2.05) is 0 Å². The van der Waals surface area contributed by atoms with E-state index >= 15 is 0 Å². The molecule has 2 aliphatic heterocycles. The van der Waals surface area contributed by atoms with Gasteiger partial charge in [-0.05, 0) is 24.8 Å². The smallest absolute Gasteiger partial charge is 0.307 e. The Bertz CT molecular complexity index is 479. The normalized spacial score (nSPS) is 27.8. The number of alkyl halides is 1. The molecule has 22 heavy (non-hydrogen) atoms. The third kappa shape index (κ3) is 3.82. The third-order valence-electron chi connectivity index (χ3n) is 4.94. The van der Waals surface area contributed by atoms with Crippen molar-refractivity contribution >= 4 is 17.6 Å². The lowest BCUT2D eigenvalue weighted by molar-refractivity contribution is -0.152. The van der Waals surface area contributed by atoms with Crippen molar-refractivity contribution in [1.82, 2.24) is 4.90 Å². The van der Waals surface area contributed by atoms with Crippen LogP contribution in [0.3, 0.4) is 0 Å². The highest BCUT2D eigenvalue weighted by atomic mass is 35.5. The Hall–Kier alpha value is -1.06. The van der Waals surface area contributed by atoms with Crippen LogP contribution < -0.4 is 0 Å². The number of fused-ring (bicyclic) bond motifs is 2. The minimum atomic E-state index is -0.142. The summed E-state index contributed by atoms with van der Waals surface area (Å²) in [4.78, 5) is 14.3. The first-order valence-corrected chi connectivity index (χ1v) is 8.85. The van der Waals surface area contributed by atoms with Crippen molar-refractivity contribution in [3.8, 4) is 0 Å². The van der Waals surface area contributed by atoms with Gasteiger partial charge in [0.25, 0.3) is 0 Å². The molecule has 2 atom stereocenters. The second-order valence-electron chi connectivity index (χ2n) is 6.38. The van der Waals surface area contributed by atoms with E-state index in [0.717, 1.165) is 25.8 Å². The first-order chi connectivity index (χ1) is 10.8. The van der Waals surface area contributed by atoms with E-state index in [0.29, 0.717) is 24.4 Å². The minimum Gasteiger partial charge on any atom is -0.462 e. The molecule has 2 fully saturated rings. The van der Waals surface area contributed by atoms with E-state index in [9.17, 15) is 4.79 Å². The fraction of sp³-hybridized carbons (Fsp3) is 0.611. The van der Waals surface area contributed by atoms with E-state index in [1.54, 1.807) is 0 Å². The van der Waals surface area contributed by atoms with Crippen molar-refractivity contribution in [1.29, 1.82) is 0 Å². The van der Waals surface area contributed by atoms with Crippen LogP contribution in [0, 0.1) is 0 Å². The molecule has 120 valence electrons. The van der Waals surface area contributed by atoms with Crippen LogP contribution in [0.1, 0.15) is 37.7 Å². The van der Waals surface area contributed by atoms with Crippen LogP contribution in [0.4, 0.5) is 0 Å². The molecule has 0 radical (unpaired) electrons. The summed E-state index contributed by atoms with van der Waals surface area (Å²) >= 11 is 5.60. The summed E-state index contributed by atoms with van der Waals surface area (Å²) in [6, 6.07) is 11.8. The number of hydrogen-bond donors (Lipinski definition) is 0. The Kier molecular flexibility index (Phi) is 5.37. The van der Waals surface area contributed by atoms with Crippen molar-refractivity contribution in [2.24, 2.45) is 0 Å². The molecule has 0 spiro atoms. The van der Waals surface area contributed by atoms with Crippen molar-refractivity contribution < 1.29 is 9.53 Å². The van der Waals surface area contributed by atoms with Gasteiger partial charge in [0.05, 0.1) is 6.42 Å². The maximum atomic E-state index is 11.6. The van der Waals surface area contributed by atoms with Gasteiger partial charge in [0.15, 0.2) is 0 Å². The first-order valence-electron chi connectivity index (χ1n) is 8.31. The van der Waals surface area contributed by atoms with Gasteiger partial charge >= 0.3 is 5.97 Å². The van der Waals surface area contributed by atoms with E-state index in [4.69, 9.17) is 16.3 Å². The number of ether oxygens (including phenoxy) is 1. The van der Waals surface area contributed by atoms with Gasteiger partial charge in [-0.25, -0.2) is 0 Å². The van der Waals surface area contributed by atoms with Crippen molar-refractivity contribution in [2.45, 2.75) is 56.7 Å². The monoisotopic (exact) mass is 321 g/mol. The molecular formula is C18H24ClNO2. The maximum absolute atomic E-state index is 11.6. The van der Waals surface area contributed by atoms with Gasteiger partial charge < -0.3 is 4.74 Å². The fourth-order valence-corrected chi connectivity index (χ4v) is 4.06. The number of carbonyl (C=O) groups is 1. The molecule has 0 aliphatic carbocycles. The van der Waals surface area contributed by atoms with Gasteiger partial charge in [-0.3, -0.25) is 9.69 Å². The van der Waals surface area contributed by atoms with Crippen molar-refractivity contribution in [3.05, 3.63) is 35.9 Å². The second kappa shape index (κ2) is 7.47. The molecule has 1 aromatic carbocycles. The number of esters is 1. The molecule has 0 N–H and O–H groups in total. The molecule has 4 heteroatoms. The summed E-state index contributed by atoms with van der Waals surface area (Å²) in [6.07, 6.45) is 5.97. The van der Waals surface area contributed by atoms with Crippen LogP contribution in [0.25, 0.3) is 0 Å². The number of hydrogen-bond acceptors (Lipinski definition) is 3. The maximum Gasteiger partial charge on any atom is 0.307 e. The summed E-state index contributed by atoms with van der Waals surface area (Å²) in [6.45, 7) is 1.11. The van der Waals surface area contributed by atoms with Crippen LogP contribution in [0.5, 0.6) is 0 Å². The summed E-state index contributed by atoms with van der Waals surface area (Å²) in [5, 5.41) is 0. The Morgan fingerprint density at radius 1 is 1.18 bits per heavy atom. The van der Waals surface area contributed by atoms with Crippen LogP contribution >= 0.6 is 11.6 Å². The lowest BCUT2D eigenvalue weighted by atomic mass is 9.98. The molecule has 0 amide bonds.